The average Bonchev–Trinajstić information content (AvgIpc) is 3.34. The number of fused-ring (bicyclic) bond motifs is 1. The van der Waals surface area contributed by atoms with Gasteiger partial charge in [0, 0.05) is 5.56 Å². The number of amides is 1. The number of aliphatic hydroxyl groups excluding tert-OH is 1. The number of halogens is 1. The fourth-order valence-electron chi connectivity index (χ4n) is 3.72. The number of aliphatic hydroxyl groups is 1. The normalized spacial score (nSPS) is 19.4. The molecule has 0 radical (unpaired) electrons. The van der Waals surface area contributed by atoms with Crippen LogP contribution in [-0.2, 0) is 9.59 Å². The molecule has 8 nitrogen and oxygen atoms in total. The van der Waals surface area contributed by atoms with Gasteiger partial charge < -0.3 is 14.6 Å². The van der Waals surface area contributed by atoms with Crippen LogP contribution in [0.5, 0.6) is 11.5 Å². The van der Waals surface area contributed by atoms with Crippen molar-refractivity contribution >= 4 is 33.9 Å². The van der Waals surface area contributed by atoms with E-state index in [0.29, 0.717) is 35.3 Å². The quantitative estimate of drug-likeness (QED) is 0.368. The lowest BCUT2D eigenvalue weighted by Crippen LogP contribution is -2.29. The van der Waals surface area contributed by atoms with Crippen LogP contribution in [0.2, 0.25) is 0 Å². The van der Waals surface area contributed by atoms with E-state index in [1.54, 1.807) is 25.1 Å². The maximum absolute atomic E-state index is 13.6. The Kier molecular flexibility index (Phi) is 4.86. The first-order valence-corrected chi connectivity index (χ1v) is 10.5. The molecule has 1 atom stereocenters. The van der Waals surface area contributed by atoms with Gasteiger partial charge in [-0.1, -0.05) is 23.5 Å². The number of anilines is 1. The van der Waals surface area contributed by atoms with Gasteiger partial charge in [-0.3, -0.25) is 14.5 Å². The highest BCUT2D eigenvalue weighted by Crippen LogP contribution is 2.43. The molecule has 0 unspecified atom stereocenters. The molecule has 1 N–H and O–H groups in total. The van der Waals surface area contributed by atoms with Crippen LogP contribution in [0.3, 0.4) is 0 Å². The average molecular weight is 453 g/mol. The predicted octanol–water partition coefficient (Wildman–Crippen LogP) is 3.38. The Bertz CT molecular complexity index is 1270. The van der Waals surface area contributed by atoms with E-state index in [0.717, 1.165) is 11.3 Å². The number of carbonyl (C=O) groups is 2. The largest absolute Gasteiger partial charge is 0.507 e. The lowest BCUT2D eigenvalue weighted by Gasteiger charge is -2.23. The predicted molar refractivity (Wildman–Crippen MR) is 113 cm³/mol. The number of benzene rings is 2. The van der Waals surface area contributed by atoms with Crippen LogP contribution in [0.15, 0.2) is 48.0 Å². The summed E-state index contributed by atoms with van der Waals surface area (Å²) >= 11 is 1.14. The van der Waals surface area contributed by atoms with E-state index in [1.165, 1.54) is 29.2 Å². The number of hydrogen-bond acceptors (Lipinski definition) is 8. The van der Waals surface area contributed by atoms with Crippen molar-refractivity contribution in [3.63, 3.8) is 0 Å². The van der Waals surface area contributed by atoms with Gasteiger partial charge in [0.1, 0.15) is 29.8 Å². The Morgan fingerprint density at radius 1 is 1.09 bits per heavy atom. The number of Topliss-reactive ketones (excluding diaryl/α,β-unsaturated/α-hetero) is 1. The molecule has 1 aromatic heterocycles. The Balaban J connectivity index is 1.69. The fraction of sp³-hybridized carbons (Fsp3) is 0.182. The Morgan fingerprint density at radius 2 is 1.81 bits per heavy atom. The summed E-state index contributed by atoms with van der Waals surface area (Å²) in [5.41, 5.74) is 0.594. The Morgan fingerprint density at radius 3 is 2.50 bits per heavy atom. The highest BCUT2D eigenvalue weighted by Gasteiger charge is 2.48. The molecule has 1 amide bonds. The molecule has 0 bridgehead atoms. The minimum atomic E-state index is -1.00. The van der Waals surface area contributed by atoms with Gasteiger partial charge in [-0.25, -0.2) is 4.39 Å². The first kappa shape index (κ1) is 20.1. The smallest absolute Gasteiger partial charge is 0.301 e. The minimum Gasteiger partial charge on any atom is -0.507 e. The third-order valence-electron chi connectivity index (χ3n) is 5.17. The van der Waals surface area contributed by atoms with Crippen LogP contribution in [0.25, 0.3) is 5.76 Å². The highest BCUT2D eigenvalue weighted by atomic mass is 32.1. The van der Waals surface area contributed by atoms with Crippen molar-refractivity contribution in [2.45, 2.75) is 13.0 Å². The van der Waals surface area contributed by atoms with E-state index in [9.17, 15) is 19.1 Å². The van der Waals surface area contributed by atoms with Crippen molar-refractivity contribution in [2.24, 2.45) is 0 Å². The number of hydrogen-bond donors (Lipinski definition) is 1. The van der Waals surface area contributed by atoms with E-state index in [2.05, 4.69) is 10.2 Å². The second-order valence-corrected chi connectivity index (χ2v) is 8.34. The number of aryl methyl sites for hydroxylation is 1. The summed E-state index contributed by atoms with van der Waals surface area (Å²) in [6, 6.07) is 9.13. The van der Waals surface area contributed by atoms with Gasteiger partial charge in [-0.2, -0.15) is 0 Å². The maximum Gasteiger partial charge on any atom is 0.301 e. The van der Waals surface area contributed by atoms with Gasteiger partial charge in [0.2, 0.25) is 5.13 Å². The van der Waals surface area contributed by atoms with E-state index >= 15 is 0 Å². The highest BCUT2D eigenvalue weighted by molar-refractivity contribution is 7.15. The zero-order chi connectivity index (χ0) is 22.4. The molecule has 5 rings (SSSR count). The van der Waals surface area contributed by atoms with Crippen LogP contribution in [0.1, 0.15) is 22.2 Å². The van der Waals surface area contributed by atoms with Crippen molar-refractivity contribution in [2.75, 3.05) is 18.1 Å². The standard InChI is InChI=1S/C22H16FN3O5S/c1-11-24-25-22(32-11)26-18(12-2-5-14(23)6-3-12)17(20(28)21(26)29)19(27)13-4-7-15-16(10-13)31-9-8-30-15/h2-7,10,18,27H,8-9H2,1H3/b19-17+/t18-/m1/s1. The van der Waals surface area contributed by atoms with Crippen LogP contribution in [0, 0.1) is 12.7 Å². The maximum atomic E-state index is 13.6. The van der Waals surface area contributed by atoms with E-state index in [1.807, 2.05) is 0 Å². The number of ketones is 1. The van der Waals surface area contributed by atoms with Crippen LogP contribution >= 0.6 is 11.3 Å². The second-order valence-electron chi connectivity index (χ2n) is 7.18. The van der Waals surface area contributed by atoms with Crippen molar-refractivity contribution in [3.8, 4) is 11.5 Å². The van der Waals surface area contributed by atoms with E-state index in [4.69, 9.17) is 9.47 Å². The minimum absolute atomic E-state index is 0.133. The molecule has 2 aliphatic heterocycles. The van der Waals surface area contributed by atoms with Crippen LogP contribution < -0.4 is 14.4 Å². The zero-order valence-corrected chi connectivity index (χ0v) is 17.6. The fourth-order valence-corrected chi connectivity index (χ4v) is 4.43. The summed E-state index contributed by atoms with van der Waals surface area (Å²) in [5, 5.41) is 19.9. The van der Waals surface area contributed by atoms with Crippen molar-refractivity contribution in [1.82, 2.24) is 10.2 Å². The first-order chi connectivity index (χ1) is 15.4. The van der Waals surface area contributed by atoms with E-state index in [-0.39, 0.29) is 22.0 Å². The molecule has 2 aromatic carbocycles. The van der Waals surface area contributed by atoms with E-state index < -0.39 is 23.5 Å². The van der Waals surface area contributed by atoms with Crippen molar-refractivity contribution < 1.29 is 28.6 Å². The van der Waals surface area contributed by atoms with Crippen LogP contribution in [0.4, 0.5) is 9.52 Å². The van der Waals surface area contributed by atoms with Gasteiger partial charge >= 0.3 is 5.91 Å². The van der Waals surface area contributed by atoms with Gasteiger partial charge in [0.15, 0.2) is 11.5 Å². The monoisotopic (exact) mass is 453 g/mol. The summed E-state index contributed by atoms with van der Waals surface area (Å²) in [4.78, 5) is 27.2. The van der Waals surface area contributed by atoms with Gasteiger partial charge in [-0.15, -0.1) is 10.2 Å². The van der Waals surface area contributed by atoms with Gasteiger partial charge in [0.05, 0.1) is 11.6 Å². The number of rotatable bonds is 3. The molecule has 0 saturated carbocycles. The number of carbonyl (C=O) groups excluding carboxylic acids is 2. The molecule has 162 valence electrons. The summed E-state index contributed by atoms with van der Waals surface area (Å²) in [7, 11) is 0. The number of aromatic nitrogens is 2. The molecular formula is C22H16FN3O5S. The zero-order valence-electron chi connectivity index (χ0n) is 16.7. The second kappa shape index (κ2) is 7.72. The third kappa shape index (κ3) is 3.28. The number of nitrogens with zero attached hydrogens (tertiary/aromatic N) is 3. The molecule has 2 aliphatic rings. The third-order valence-corrected chi connectivity index (χ3v) is 6.01. The summed E-state index contributed by atoms with van der Waals surface area (Å²) in [6.45, 7) is 2.49. The Labute approximate surface area is 185 Å². The number of ether oxygens (including phenoxy) is 2. The first-order valence-electron chi connectivity index (χ1n) is 9.70. The molecule has 1 saturated heterocycles. The molecule has 32 heavy (non-hydrogen) atoms. The molecule has 0 aliphatic carbocycles. The lowest BCUT2D eigenvalue weighted by molar-refractivity contribution is -0.132. The summed E-state index contributed by atoms with van der Waals surface area (Å²) in [6.07, 6.45) is 0. The summed E-state index contributed by atoms with van der Waals surface area (Å²) < 4.78 is 24.6. The molecular weight excluding hydrogens is 437 g/mol. The lowest BCUT2D eigenvalue weighted by atomic mass is 9.95. The molecule has 3 heterocycles. The topological polar surface area (TPSA) is 102 Å². The van der Waals surface area contributed by atoms with Crippen molar-refractivity contribution in [3.05, 3.63) is 70.0 Å². The van der Waals surface area contributed by atoms with Gasteiger partial charge in [-0.05, 0) is 42.8 Å². The molecule has 10 heteroatoms. The SMILES string of the molecule is Cc1nnc(N2C(=O)C(=O)/C(=C(/O)c3ccc4c(c3)OCCO4)[C@H]2c2ccc(F)cc2)s1. The molecule has 1 fully saturated rings. The van der Waals surface area contributed by atoms with Gasteiger partial charge in [0.25, 0.3) is 5.78 Å². The Hall–Kier alpha value is -3.79. The summed E-state index contributed by atoms with van der Waals surface area (Å²) in [5.74, 6) is -1.63. The molecule has 3 aromatic rings. The molecule has 0 spiro atoms. The van der Waals surface area contributed by atoms with Crippen molar-refractivity contribution in [1.29, 1.82) is 0 Å². The van der Waals surface area contributed by atoms with Crippen LogP contribution in [-0.4, -0.2) is 40.2 Å².